The number of alkyl halides is 5. The fourth-order valence-electron chi connectivity index (χ4n) is 8.45. The lowest BCUT2D eigenvalue weighted by molar-refractivity contribution is -0.222. The highest BCUT2D eigenvalue weighted by molar-refractivity contribution is 5.32. The van der Waals surface area contributed by atoms with Gasteiger partial charge in [0.2, 0.25) is 0 Å². The van der Waals surface area contributed by atoms with Crippen molar-refractivity contribution in [1.29, 1.82) is 0 Å². The molecule has 0 spiro atoms. The number of benzene rings is 2. The van der Waals surface area contributed by atoms with Crippen LogP contribution in [-0.2, 0) is 6.18 Å². The van der Waals surface area contributed by atoms with Gasteiger partial charge in [0.1, 0.15) is 17.4 Å². The fourth-order valence-corrected chi connectivity index (χ4v) is 8.45. The number of hydrogen-bond acceptors (Lipinski definition) is 1. The minimum Gasteiger partial charge on any atom is -0.432 e. The minimum absolute atomic E-state index is 0.0621. The zero-order chi connectivity index (χ0) is 32.2. The molecule has 0 radical (unpaired) electrons. The Balaban J connectivity index is 1.09. The van der Waals surface area contributed by atoms with E-state index in [1.165, 1.54) is 64.2 Å². The molecule has 0 N–H and O–H groups in total. The van der Waals surface area contributed by atoms with Crippen LogP contribution >= 0.6 is 0 Å². The standard InChI is InChI=1S/C37H47F7O/c1-2-3-4-5-24-6-8-25(9-7-24)26-10-12-27(13-11-26)29-16-20-32(34(38)22-29)28-14-17-30(18-15-28)37(43,44)45-31-19-21-33(35(39)23-31)36(40,41)42/h16,19-28,30H,2-15,17-18H2,1H3. The van der Waals surface area contributed by atoms with Crippen LogP contribution in [0.3, 0.4) is 0 Å². The predicted molar refractivity (Wildman–Crippen MR) is 162 cm³/mol. The average Bonchev–Trinajstić information content (AvgIpc) is 3.01. The van der Waals surface area contributed by atoms with Gasteiger partial charge in [-0.1, -0.05) is 57.6 Å². The summed E-state index contributed by atoms with van der Waals surface area (Å²) < 4.78 is 102. The Hall–Kier alpha value is -2.25. The molecule has 0 bridgehead atoms. The van der Waals surface area contributed by atoms with Crippen molar-refractivity contribution >= 4 is 0 Å². The molecular formula is C37H47F7O. The Morgan fingerprint density at radius 1 is 0.667 bits per heavy atom. The van der Waals surface area contributed by atoms with E-state index in [2.05, 4.69) is 6.92 Å². The van der Waals surface area contributed by atoms with Gasteiger partial charge in [-0.2, -0.15) is 22.0 Å². The summed E-state index contributed by atoms with van der Waals surface area (Å²) in [5, 5.41) is 0. The molecule has 3 aliphatic carbocycles. The first kappa shape index (κ1) is 34.1. The summed E-state index contributed by atoms with van der Waals surface area (Å²) in [6, 6.07) is 6.96. The van der Waals surface area contributed by atoms with Crippen molar-refractivity contribution in [2.45, 2.75) is 134 Å². The quantitative estimate of drug-likeness (QED) is 0.185. The second kappa shape index (κ2) is 14.7. The summed E-state index contributed by atoms with van der Waals surface area (Å²) in [6.07, 6.45) is 7.67. The van der Waals surface area contributed by atoms with Crippen LogP contribution in [0.5, 0.6) is 5.75 Å². The van der Waals surface area contributed by atoms with Crippen LogP contribution in [0, 0.1) is 35.3 Å². The lowest BCUT2D eigenvalue weighted by Gasteiger charge is -2.38. The first-order valence-electron chi connectivity index (χ1n) is 17.2. The molecule has 0 atom stereocenters. The van der Waals surface area contributed by atoms with Gasteiger partial charge in [0, 0.05) is 6.07 Å². The Labute approximate surface area is 263 Å². The van der Waals surface area contributed by atoms with Crippen molar-refractivity contribution < 1.29 is 35.5 Å². The SMILES string of the molecule is CCCCCC1CCC(C2CCC(c3ccc(C4CCC(C(F)(F)Oc5ccc(C(F)(F)F)c(F)c5)CC4)c(F)c3)CC2)CC1. The summed E-state index contributed by atoms with van der Waals surface area (Å²) in [5.74, 6) is -1.08. The van der Waals surface area contributed by atoms with E-state index in [9.17, 15) is 26.3 Å². The van der Waals surface area contributed by atoms with Gasteiger partial charge in [-0.25, -0.2) is 8.78 Å². The highest BCUT2D eigenvalue weighted by atomic mass is 19.4. The fraction of sp³-hybridized carbons (Fsp3) is 0.676. The third-order valence-corrected chi connectivity index (χ3v) is 11.2. The van der Waals surface area contributed by atoms with Crippen molar-refractivity contribution in [3.05, 3.63) is 64.7 Å². The van der Waals surface area contributed by atoms with Gasteiger partial charge in [-0.3, -0.25) is 0 Å². The molecule has 2 aromatic carbocycles. The molecule has 0 amide bonds. The summed E-state index contributed by atoms with van der Waals surface area (Å²) in [6.45, 7) is 2.26. The van der Waals surface area contributed by atoms with Crippen LogP contribution in [0.25, 0.3) is 0 Å². The van der Waals surface area contributed by atoms with Gasteiger partial charge < -0.3 is 4.74 Å². The Morgan fingerprint density at radius 3 is 1.87 bits per heavy atom. The van der Waals surface area contributed by atoms with E-state index >= 15 is 4.39 Å². The van der Waals surface area contributed by atoms with E-state index in [1.807, 2.05) is 12.1 Å². The molecule has 3 saturated carbocycles. The van der Waals surface area contributed by atoms with E-state index < -0.39 is 35.3 Å². The maximum Gasteiger partial charge on any atom is 0.419 e. The molecule has 250 valence electrons. The topological polar surface area (TPSA) is 9.23 Å². The van der Waals surface area contributed by atoms with Gasteiger partial charge in [0.25, 0.3) is 0 Å². The third kappa shape index (κ3) is 8.57. The van der Waals surface area contributed by atoms with Gasteiger partial charge >= 0.3 is 12.3 Å². The molecule has 1 nitrogen and oxygen atoms in total. The molecule has 0 heterocycles. The third-order valence-electron chi connectivity index (χ3n) is 11.2. The van der Waals surface area contributed by atoms with Crippen molar-refractivity contribution in [1.82, 2.24) is 0 Å². The maximum atomic E-state index is 15.4. The maximum absolute atomic E-state index is 15.4. The van der Waals surface area contributed by atoms with E-state index in [4.69, 9.17) is 4.74 Å². The number of halogens is 7. The number of rotatable bonds is 10. The smallest absolute Gasteiger partial charge is 0.419 e. The van der Waals surface area contributed by atoms with Gasteiger partial charge in [0.05, 0.1) is 11.5 Å². The van der Waals surface area contributed by atoms with E-state index in [1.54, 1.807) is 6.07 Å². The number of hydrogen-bond donors (Lipinski definition) is 0. The van der Waals surface area contributed by atoms with E-state index in [0.717, 1.165) is 36.2 Å². The summed E-state index contributed by atoms with van der Waals surface area (Å²) in [4.78, 5) is 0. The van der Waals surface area contributed by atoms with Gasteiger partial charge in [0.15, 0.2) is 0 Å². The van der Waals surface area contributed by atoms with Crippen LogP contribution in [0.2, 0.25) is 0 Å². The van der Waals surface area contributed by atoms with Crippen molar-refractivity contribution in [3.63, 3.8) is 0 Å². The zero-order valence-corrected chi connectivity index (χ0v) is 26.3. The lowest BCUT2D eigenvalue weighted by Crippen LogP contribution is -2.37. The van der Waals surface area contributed by atoms with Crippen LogP contribution in [-0.4, -0.2) is 6.11 Å². The zero-order valence-electron chi connectivity index (χ0n) is 26.3. The summed E-state index contributed by atoms with van der Waals surface area (Å²) in [5.41, 5.74) is 0.0484. The highest BCUT2D eigenvalue weighted by Crippen LogP contribution is 2.47. The largest absolute Gasteiger partial charge is 0.432 e. The number of ether oxygens (including phenoxy) is 1. The van der Waals surface area contributed by atoms with Crippen LogP contribution in [0.4, 0.5) is 30.7 Å². The number of unbranched alkanes of at least 4 members (excludes halogenated alkanes) is 2. The molecule has 8 heteroatoms. The Morgan fingerprint density at radius 2 is 1.29 bits per heavy atom. The predicted octanol–water partition coefficient (Wildman–Crippen LogP) is 12.6. The van der Waals surface area contributed by atoms with E-state index in [0.29, 0.717) is 42.5 Å². The minimum atomic E-state index is -4.93. The normalized spacial score (nSPS) is 28.2. The average molecular weight is 641 g/mol. The lowest BCUT2D eigenvalue weighted by atomic mass is 9.68. The first-order chi connectivity index (χ1) is 21.4. The molecule has 5 rings (SSSR count). The monoisotopic (exact) mass is 640 g/mol. The van der Waals surface area contributed by atoms with Crippen LogP contribution in [0.1, 0.15) is 138 Å². The molecule has 0 saturated heterocycles. The summed E-state index contributed by atoms with van der Waals surface area (Å²) >= 11 is 0. The van der Waals surface area contributed by atoms with Crippen molar-refractivity contribution in [2.24, 2.45) is 23.7 Å². The van der Waals surface area contributed by atoms with E-state index in [-0.39, 0.29) is 24.6 Å². The van der Waals surface area contributed by atoms with Gasteiger partial charge in [-0.05, 0) is 123 Å². The Kier molecular flexibility index (Phi) is 11.1. The van der Waals surface area contributed by atoms with Gasteiger partial charge in [-0.15, -0.1) is 0 Å². The molecule has 0 unspecified atom stereocenters. The first-order valence-corrected chi connectivity index (χ1v) is 17.2. The summed E-state index contributed by atoms with van der Waals surface area (Å²) in [7, 11) is 0. The van der Waals surface area contributed by atoms with Crippen LogP contribution < -0.4 is 4.74 Å². The van der Waals surface area contributed by atoms with Crippen molar-refractivity contribution in [3.8, 4) is 5.75 Å². The Bertz CT molecular complexity index is 1230. The second-order valence-electron chi connectivity index (χ2n) is 14.0. The molecule has 2 aromatic rings. The second-order valence-corrected chi connectivity index (χ2v) is 14.0. The molecule has 3 fully saturated rings. The highest BCUT2D eigenvalue weighted by Gasteiger charge is 2.45. The molecule has 3 aliphatic rings. The molecule has 0 aromatic heterocycles. The molecular weight excluding hydrogens is 593 g/mol. The van der Waals surface area contributed by atoms with Crippen LogP contribution in [0.15, 0.2) is 36.4 Å². The molecule has 0 aliphatic heterocycles. The molecule has 45 heavy (non-hydrogen) atoms. The van der Waals surface area contributed by atoms with Crippen molar-refractivity contribution in [2.75, 3.05) is 0 Å².